The molecule has 0 spiro atoms. The molecule has 1 rings (SSSR count). The fourth-order valence-electron chi connectivity index (χ4n) is 1.90. The Bertz CT molecular complexity index is 266. The lowest BCUT2D eigenvalue weighted by atomic mass is 10.1. The quantitative estimate of drug-likeness (QED) is 0.682. The number of hydrogen-bond donors (Lipinski definition) is 0. The van der Waals surface area contributed by atoms with Gasteiger partial charge in [0.1, 0.15) is 0 Å². The first kappa shape index (κ1) is 13.2. The van der Waals surface area contributed by atoms with Crippen molar-refractivity contribution >= 4 is 5.71 Å². The third-order valence-corrected chi connectivity index (χ3v) is 2.99. The van der Waals surface area contributed by atoms with Crippen LogP contribution in [0.3, 0.4) is 0 Å². The fraction of sp³-hybridized carbons (Fsp3) is 0.769. The molecule has 92 valence electrons. The highest BCUT2D eigenvalue weighted by Crippen LogP contribution is 2.14. The molecule has 0 radical (unpaired) electrons. The van der Waals surface area contributed by atoms with Crippen molar-refractivity contribution in [2.75, 3.05) is 26.2 Å². The molecule has 0 bridgehead atoms. The number of nitrogens with zero attached hydrogens (tertiary/aromatic N) is 3. The van der Waals surface area contributed by atoms with Crippen LogP contribution < -0.4 is 0 Å². The van der Waals surface area contributed by atoms with E-state index in [1.54, 1.807) is 0 Å². The number of rotatable bonds is 4. The Balaban J connectivity index is 2.45. The number of hydrogen-bond acceptors (Lipinski definition) is 3. The van der Waals surface area contributed by atoms with Crippen molar-refractivity contribution in [1.29, 1.82) is 0 Å². The van der Waals surface area contributed by atoms with Crippen molar-refractivity contribution in [3.8, 4) is 0 Å². The molecule has 1 fully saturated rings. The lowest BCUT2D eigenvalue weighted by Gasteiger charge is -2.36. The van der Waals surface area contributed by atoms with Gasteiger partial charge < -0.3 is 0 Å². The van der Waals surface area contributed by atoms with Crippen LogP contribution in [-0.4, -0.2) is 41.8 Å². The van der Waals surface area contributed by atoms with Crippen LogP contribution in [0, 0.1) is 5.92 Å². The van der Waals surface area contributed by atoms with Crippen molar-refractivity contribution in [2.45, 2.75) is 34.1 Å². The normalized spacial score (nSPS) is 19.8. The Morgan fingerprint density at radius 2 is 2.12 bits per heavy atom. The van der Waals surface area contributed by atoms with E-state index in [4.69, 9.17) is 0 Å². The van der Waals surface area contributed by atoms with E-state index in [0.717, 1.165) is 37.0 Å². The molecule has 1 atom stereocenters. The van der Waals surface area contributed by atoms with Crippen molar-refractivity contribution in [3.05, 3.63) is 12.3 Å². The summed E-state index contributed by atoms with van der Waals surface area (Å²) in [4.78, 5) is 2.48. The molecular formula is C13H25N3. The topological polar surface area (TPSA) is 18.8 Å². The molecule has 1 unspecified atom stereocenters. The van der Waals surface area contributed by atoms with E-state index in [1.807, 2.05) is 18.9 Å². The Morgan fingerprint density at radius 3 is 2.62 bits per heavy atom. The first-order chi connectivity index (χ1) is 7.52. The minimum Gasteiger partial charge on any atom is -0.295 e. The average molecular weight is 223 g/mol. The van der Waals surface area contributed by atoms with Crippen molar-refractivity contribution in [1.82, 2.24) is 9.91 Å². The summed E-state index contributed by atoms with van der Waals surface area (Å²) >= 11 is 0. The van der Waals surface area contributed by atoms with Gasteiger partial charge in [0, 0.05) is 31.0 Å². The maximum Gasteiger partial charge on any atom is 0.0540 e. The summed E-state index contributed by atoms with van der Waals surface area (Å²) in [5.41, 5.74) is 2.22. The van der Waals surface area contributed by atoms with Crippen LogP contribution in [0.5, 0.6) is 0 Å². The largest absolute Gasteiger partial charge is 0.295 e. The number of hydrazone groups is 1. The predicted octanol–water partition coefficient (Wildman–Crippen LogP) is 2.56. The third-order valence-electron chi connectivity index (χ3n) is 2.99. The fourth-order valence-corrected chi connectivity index (χ4v) is 1.90. The molecule has 0 amide bonds. The second kappa shape index (κ2) is 6.04. The zero-order valence-corrected chi connectivity index (χ0v) is 11.2. The van der Waals surface area contributed by atoms with Crippen LogP contribution in [0.25, 0.3) is 0 Å². The summed E-state index contributed by atoms with van der Waals surface area (Å²) in [5, 5.41) is 6.52. The van der Waals surface area contributed by atoms with Gasteiger partial charge in [0.05, 0.1) is 6.54 Å². The molecule has 3 heteroatoms. The van der Waals surface area contributed by atoms with Crippen LogP contribution in [0.15, 0.2) is 17.4 Å². The third kappa shape index (κ3) is 3.97. The molecule has 3 nitrogen and oxygen atoms in total. The first-order valence-electron chi connectivity index (χ1n) is 6.22. The highest BCUT2D eigenvalue weighted by molar-refractivity contribution is 5.78. The van der Waals surface area contributed by atoms with Crippen LogP contribution in [0.4, 0.5) is 0 Å². The maximum atomic E-state index is 4.47. The zero-order valence-electron chi connectivity index (χ0n) is 11.2. The first-order valence-corrected chi connectivity index (χ1v) is 6.22. The summed E-state index contributed by atoms with van der Waals surface area (Å²) in [6, 6.07) is 0. The molecule has 0 aromatic carbocycles. The van der Waals surface area contributed by atoms with Crippen LogP contribution in [0.1, 0.15) is 34.1 Å². The van der Waals surface area contributed by atoms with E-state index in [2.05, 4.69) is 30.4 Å². The SMILES string of the molecule is C=C1CN(CC(C)CC)CCN1N=C(C)C. The summed E-state index contributed by atoms with van der Waals surface area (Å²) < 4.78 is 0. The Morgan fingerprint density at radius 1 is 1.44 bits per heavy atom. The Labute approximate surface area is 99.8 Å². The molecule has 0 aliphatic carbocycles. The molecule has 0 saturated carbocycles. The average Bonchev–Trinajstić information content (AvgIpc) is 2.21. The molecule has 1 aliphatic rings. The van der Waals surface area contributed by atoms with Gasteiger partial charge in [-0.1, -0.05) is 26.8 Å². The smallest absolute Gasteiger partial charge is 0.0540 e. The van der Waals surface area contributed by atoms with Crippen molar-refractivity contribution in [2.24, 2.45) is 11.0 Å². The highest BCUT2D eigenvalue weighted by Gasteiger charge is 2.19. The van der Waals surface area contributed by atoms with Crippen LogP contribution >= 0.6 is 0 Å². The van der Waals surface area contributed by atoms with E-state index >= 15 is 0 Å². The van der Waals surface area contributed by atoms with Gasteiger partial charge in [0.15, 0.2) is 0 Å². The van der Waals surface area contributed by atoms with E-state index in [-0.39, 0.29) is 0 Å². The molecule has 0 N–H and O–H groups in total. The highest BCUT2D eigenvalue weighted by atomic mass is 15.5. The van der Waals surface area contributed by atoms with Crippen LogP contribution in [0.2, 0.25) is 0 Å². The second-order valence-corrected chi connectivity index (χ2v) is 4.99. The number of piperazine rings is 1. The van der Waals surface area contributed by atoms with E-state index < -0.39 is 0 Å². The second-order valence-electron chi connectivity index (χ2n) is 4.99. The molecule has 0 aromatic heterocycles. The monoisotopic (exact) mass is 223 g/mol. The predicted molar refractivity (Wildman–Crippen MR) is 70.5 cm³/mol. The maximum absolute atomic E-state index is 4.47. The molecular weight excluding hydrogens is 198 g/mol. The summed E-state index contributed by atoms with van der Waals surface area (Å²) in [5.74, 6) is 0.774. The van der Waals surface area contributed by atoms with Gasteiger partial charge >= 0.3 is 0 Å². The minimum absolute atomic E-state index is 0.774. The summed E-state index contributed by atoms with van der Waals surface area (Å²) in [6.45, 7) is 16.9. The molecule has 16 heavy (non-hydrogen) atoms. The molecule has 1 heterocycles. The zero-order chi connectivity index (χ0) is 12.1. The molecule has 0 aromatic rings. The van der Waals surface area contributed by atoms with Crippen molar-refractivity contribution in [3.63, 3.8) is 0 Å². The van der Waals surface area contributed by atoms with Crippen LogP contribution in [-0.2, 0) is 0 Å². The Hall–Kier alpha value is -0.830. The van der Waals surface area contributed by atoms with E-state index in [1.165, 1.54) is 13.0 Å². The van der Waals surface area contributed by atoms with Gasteiger partial charge in [0.25, 0.3) is 0 Å². The minimum atomic E-state index is 0.774. The van der Waals surface area contributed by atoms with E-state index in [9.17, 15) is 0 Å². The lowest BCUT2D eigenvalue weighted by Crippen LogP contribution is -2.44. The van der Waals surface area contributed by atoms with Crippen molar-refractivity contribution < 1.29 is 0 Å². The molecule has 1 saturated heterocycles. The Kier molecular flexibility index (Phi) is 5.00. The summed E-state index contributed by atoms with van der Waals surface area (Å²) in [7, 11) is 0. The van der Waals surface area contributed by atoms with Gasteiger partial charge in [-0.15, -0.1) is 0 Å². The van der Waals surface area contributed by atoms with Gasteiger partial charge in [-0.25, -0.2) is 0 Å². The van der Waals surface area contributed by atoms with Gasteiger partial charge in [-0.3, -0.25) is 9.91 Å². The van der Waals surface area contributed by atoms with Gasteiger partial charge in [-0.2, -0.15) is 5.10 Å². The lowest BCUT2D eigenvalue weighted by molar-refractivity contribution is 0.162. The van der Waals surface area contributed by atoms with Gasteiger partial charge in [-0.05, 0) is 19.8 Å². The standard InChI is InChI=1S/C13H25N3/c1-6-12(4)9-15-7-8-16(13(5)10-15)14-11(2)3/h12H,5-10H2,1-4H3. The van der Waals surface area contributed by atoms with E-state index in [0.29, 0.717) is 0 Å². The summed E-state index contributed by atoms with van der Waals surface area (Å²) in [6.07, 6.45) is 1.25. The molecule has 1 aliphatic heterocycles. The van der Waals surface area contributed by atoms with Gasteiger partial charge in [0.2, 0.25) is 0 Å².